The summed E-state index contributed by atoms with van der Waals surface area (Å²) in [5, 5.41) is 5.02. The lowest BCUT2D eigenvalue weighted by molar-refractivity contribution is -0.143. The molecule has 0 aliphatic carbocycles. The van der Waals surface area contributed by atoms with Crippen molar-refractivity contribution in [3.8, 4) is 5.69 Å². The Labute approximate surface area is 200 Å². The van der Waals surface area contributed by atoms with Crippen LogP contribution in [0, 0.1) is 6.92 Å². The Morgan fingerprint density at radius 2 is 1.71 bits per heavy atom. The first-order valence-electron chi connectivity index (χ1n) is 11.4. The molecule has 5 rings (SSSR count). The molecule has 0 N–H and O–H groups in total. The highest BCUT2D eigenvalue weighted by Gasteiger charge is 2.42. The van der Waals surface area contributed by atoms with Crippen molar-refractivity contribution in [3.63, 3.8) is 0 Å². The summed E-state index contributed by atoms with van der Waals surface area (Å²) in [5.74, 6) is -0.649. The fourth-order valence-corrected chi connectivity index (χ4v) is 4.58. The average molecular weight is 480 g/mol. The van der Waals surface area contributed by atoms with E-state index in [1.165, 1.54) is 4.90 Å². The molecule has 3 heterocycles. The minimum absolute atomic E-state index is 0.299. The van der Waals surface area contributed by atoms with Crippen LogP contribution in [0.25, 0.3) is 16.6 Å². The highest BCUT2D eigenvalue weighted by Crippen LogP contribution is 2.35. The summed E-state index contributed by atoms with van der Waals surface area (Å²) >= 11 is 0. The summed E-state index contributed by atoms with van der Waals surface area (Å²) < 4.78 is 43.0. The highest BCUT2D eigenvalue weighted by atomic mass is 19.4. The van der Waals surface area contributed by atoms with Crippen molar-refractivity contribution in [2.45, 2.75) is 19.6 Å². The van der Waals surface area contributed by atoms with Crippen LogP contribution in [0.4, 0.5) is 13.2 Å². The molecule has 0 unspecified atom stereocenters. The van der Waals surface area contributed by atoms with Crippen molar-refractivity contribution in [1.29, 1.82) is 0 Å². The Balaban J connectivity index is 1.34. The lowest BCUT2D eigenvalue weighted by atomic mass is 10.1. The zero-order chi connectivity index (χ0) is 24.6. The summed E-state index contributed by atoms with van der Waals surface area (Å²) in [4.78, 5) is 21.3. The number of amides is 1. The molecule has 1 amide bonds. The number of rotatable bonds is 4. The van der Waals surface area contributed by atoms with Gasteiger partial charge in [0.2, 0.25) is 0 Å². The topological polar surface area (TPSA) is 54.3 Å². The molecule has 2 aromatic heterocycles. The quantitative estimate of drug-likeness (QED) is 0.426. The predicted molar refractivity (Wildman–Crippen MR) is 126 cm³/mol. The number of carbonyl (C=O) groups excluding carboxylic acids is 1. The zero-order valence-corrected chi connectivity index (χ0v) is 19.2. The summed E-state index contributed by atoms with van der Waals surface area (Å²) in [7, 11) is 0. The molecule has 1 aliphatic heterocycles. The van der Waals surface area contributed by atoms with Gasteiger partial charge in [0, 0.05) is 44.3 Å². The Kier molecular flexibility index (Phi) is 6.02. The van der Waals surface area contributed by atoms with Crippen molar-refractivity contribution >= 4 is 16.8 Å². The van der Waals surface area contributed by atoms with Crippen LogP contribution in [0.2, 0.25) is 0 Å². The van der Waals surface area contributed by atoms with Crippen molar-refractivity contribution in [2.24, 2.45) is 0 Å². The van der Waals surface area contributed by atoms with E-state index < -0.39 is 23.3 Å². The van der Waals surface area contributed by atoms with Crippen LogP contribution in [0.15, 0.2) is 67.0 Å². The molecule has 35 heavy (non-hydrogen) atoms. The molecular formula is C26H24F3N5O. The fourth-order valence-electron chi connectivity index (χ4n) is 4.58. The van der Waals surface area contributed by atoms with E-state index in [9.17, 15) is 18.0 Å². The number of hydrogen-bond donors (Lipinski definition) is 0. The number of halogens is 3. The lowest BCUT2D eigenvalue weighted by Crippen LogP contribution is -2.48. The first-order chi connectivity index (χ1) is 16.8. The second-order valence-electron chi connectivity index (χ2n) is 8.66. The van der Waals surface area contributed by atoms with Gasteiger partial charge in [-0.2, -0.15) is 18.3 Å². The van der Waals surface area contributed by atoms with Gasteiger partial charge in [-0.1, -0.05) is 42.5 Å². The first-order valence-corrected chi connectivity index (χ1v) is 11.4. The van der Waals surface area contributed by atoms with E-state index in [0.717, 1.165) is 27.3 Å². The van der Waals surface area contributed by atoms with Gasteiger partial charge in [-0.15, -0.1) is 0 Å². The maximum absolute atomic E-state index is 14.1. The van der Waals surface area contributed by atoms with Crippen LogP contribution in [0.5, 0.6) is 0 Å². The molecule has 0 bridgehead atoms. The van der Waals surface area contributed by atoms with E-state index >= 15 is 0 Å². The number of fused-ring (bicyclic) bond motifs is 1. The van der Waals surface area contributed by atoms with Crippen molar-refractivity contribution in [2.75, 3.05) is 26.2 Å². The van der Waals surface area contributed by atoms with Gasteiger partial charge < -0.3 is 4.90 Å². The molecule has 0 atom stereocenters. The third-order valence-corrected chi connectivity index (χ3v) is 6.38. The third-order valence-electron chi connectivity index (χ3n) is 6.38. The smallest absolute Gasteiger partial charge is 0.336 e. The monoisotopic (exact) mass is 479 g/mol. The third kappa shape index (κ3) is 4.51. The van der Waals surface area contributed by atoms with E-state index in [1.807, 2.05) is 30.3 Å². The molecule has 0 spiro atoms. The molecule has 9 heteroatoms. The number of piperazine rings is 1. The number of benzene rings is 2. The summed E-state index contributed by atoms with van der Waals surface area (Å²) in [6.07, 6.45) is -1.93. The molecule has 2 aromatic carbocycles. The zero-order valence-electron chi connectivity index (χ0n) is 19.2. The maximum atomic E-state index is 14.1. The maximum Gasteiger partial charge on any atom is 0.434 e. The summed E-state index contributed by atoms with van der Waals surface area (Å²) in [6.45, 7) is 4.16. The van der Waals surface area contributed by atoms with Gasteiger partial charge in [0.05, 0.1) is 23.0 Å². The lowest BCUT2D eigenvalue weighted by Gasteiger charge is -2.35. The van der Waals surface area contributed by atoms with Crippen LogP contribution >= 0.6 is 0 Å². The van der Waals surface area contributed by atoms with Crippen molar-refractivity contribution in [1.82, 2.24) is 24.6 Å². The largest absolute Gasteiger partial charge is 0.434 e. The van der Waals surface area contributed by atoms with Gasteiger partial charge in [0.1, 0.15) is 0 Å². The molecule has 6 nitrogen and oxygen atoms in total. The number of alkyl halides is 3. The molecular weight excluding hydrogens is 455 g/mol. The van der Waals surface area contributed by atoms with Crippen LogP contribution in [0.3, 0.4) is 0 Å². The van der Waals surface area contributed by atoms with E-state index in [-0.39, 0.29) is 0 Å². The van der Waals surface area contributed by atoms with E-state index in [0.29, 0.717) is 44.0 Å². The number of para-hydroxylation sites is 2. The van der Waals surface area contributed by atoms with Crippen LogP contribution in [0.1, 0.15) is 27.2 Å². The number of aryl methyl sites for hydroxylation is 1. The second-order valence-corrected chi connectivity index (χ2v) is 8.66. The first kappa shape index (κ1) is 23.0. The summed E-state index contributed by atoms with van der Waals surface area (Å²) in [6, 6.07) is 16.6. The normalized spacial score (nSPS) is 15.0. The minimum Gasteiger partial charge on any atom is -0.336 e. The highest BCUT2D eigenvalue weighted by molar-refractivity contribution is 5.95. The van der Waals surface area contributed by atoms with Crippen molar-refractivity contribution < 1.29 is 18.0 Å². The minimum atomic E-state index is -4.73. The number of nitrogens with zero attached hydrogens (tertiary/aromatic N) is 5. The van der Waals surface area contributed by atoms with Gasteiger partial charge in [0.25, 0.3) is 5.91 Å². The Hall–Kier alpha value is -3.72. The van der Waals surface area contributed by atoms with E-state index in [2.05, 4.69) is 15.0 Å². The average Bonchev–Trinajstić information content (AvgIpc) is 3.30. The Morgan fingerprint density at radius 3 is 2.46 bits per heavy atom. The molecule has 0 saturated carbocycles. The second kappa shape index (κ2) is 9.14. The molecule has 180 valence electrons. The SMILES string of the molecule is Cc1ccccc1-n1ncc(C(=O)N2CCN(Cc3cccc4cccnc34)CC2)c1C(F)(F)F. The number of carbonyl (C=O) groups is 1. The van der Waals surface area contributed by atoms with Crippen LogP contribution < -0.4 is 0 Å². The molecule has 1 saturated heterocycles. The fraction of sp³-hybridized carbons (Fsp3) is 0.269. The number of pyridine rings is 1. The van der Waals surface area contributed by atoms with E-state index in [4.69, 9.17) is 0 Å². The van der Waals surface area contributed by atoms with Gasteiger partial charge in [-0.05, 0) is 30.2 Å². The van der Waals surface area contributed by atoms with Gasteiger partial charge in [-0.3, -0.25) is 14.7 Å². The Morgan fingerprint density at radius 1 is 0.971 bits per heavy atom. The van der Waals surface area contributed by atoms with Gasteiger partial charge >= 0.3 is 6.18 Å². The van der Waals surface area contributed by atoms with Crippen LogP contribution in [-0.4, -0.2) is 56.7 Å². The van der Waals surface area contributed by atoms with Gasteiger partial charge in [-0.25, -0.2) is 4.68 Å². The van der Waals surface area contributed by atoms with Crippen molar-refractivity contribution in [3.05, 3.63) is 89.4 Å². The number of aromatic nitrogens is 3. The predicted octanol–water partition coefficient (Wildman–Crippen LogP) is 4.71. The molecule has 4 aromatic rings. The molecule has 0 radical (unpaired) electrons. The Bertz CT molecular complexity index is 1370. The van der Waals surface area contributed by atoms with E-state index in [1.54, 1.807) is 37.4 Å². The standard InChI is InChI=1S/C26H24F3N5O/c1-18-6-2-3-10-22(18)34-24(26(27,28)29)21(16-31-34)25(35)33-14-12-32(13-15-33)17-20-8-4-7-19-9-5-11-30-23(19)20/h2-11,16H,12-15,17H2,1H3. The molecule has 1 aliphatic rings. The van der Waals surface area contributed by atoms with Crippen LogP contribution in [-0.2, 0) is 12.7 Å². The molecule has 1 fully saturated rings. The summed E-state index contributed by atoms with van der Waals surface area (Å²) in [5.41, 5.74) is 1.49. The number of hydrogen-bond acceptors (Lipinski definition) is 4. The van der Waals surface area contributed by atoms with Gasteiger partial charge in [0.15, 0.2) is 5.69 Å².